The fourth-order valence-corrected chi connectivity index (χ4v) is 4.76. The van der Waals surface area contributed by atoms with Crippen LogP contribution >= 0.6 is 0 Å². The molecule has 1 saturated carbocycles. The van der Waals surface area contributed by atoms with Gasteiger partial charge in [-0.15, -0.1) is 0 Å². The summed E-state index contributed by atoms with van der Waals surface area (Å²) in [5.41, 5.74) is 0. The van der Waals surface area contributed by atoms with Gasteiger partial charge in [-0.05, 0) is 57.0 Å². The molecule has 0 aromatic heterocycles. The first kappa shape index (κ1) is 17.2. The van der Waals surface area contributed by atoms with E-state index in [0.29, 0.717) is 17.7 Å². The standard InChI is InChI=1S/C19H35N3O/c1-16(17-6-4-9-20-15-17)14-19(23)22-11-5-10-21(12-13-22)18-7-2-3-8-18/h16-18,20H,2-15H2,1H3. The molecule has 1 aliphatic carbocycles. The second-order valence-electron chi connectivity index (χ2n) is 8.00. The summed E-state index contributed by atoms with van der Waals surface area (Å²) in [6.07, 6.45) is 10.0. The van der Waals surface area contributed by atoms with E-state index in [1.807, 2.05) is 0 Å². The van der Waals surface area contributed by atoms with Gasteiger partial charge < -0.3 is 10.2 Å². The average molecular weight is 322 g/mol. The third-order valence-electron chi connectivity index (χ3n) is 6.36. The van der Waals surface area contributed by atoms with Crippen LogP contribution in [0.15, 0.2) is 0 Å². The maximum absolute atomic E-state index is 12.7. The number of amides is 1. The fourth-order valence-electron chi connectivity index (χ4n) is 4.76. The van der Waals surface area contributed by atoms with Crippen molar-refractivity contribution >= 4 is 5.91 Å². The van der Waals surface area contributed by atoms with Gasteiger partial charge in [-0.2, -0.15) is 0 Å². The Hall–Kier alpha value is -0.610. The maximum atomic E-state index is 12.7. The molecule has 2 heterocycles. The molecule has 4 heteroatoms. The third kappa shape index (κ3) is 4.69. The average Bonchev–Trinajstić information content (AvgIpc) is 3.00. The molecule has 0 bridgehead atoms. The lowest BCUT2D eigenvalue weighted by molar-refractivity contribution is -0.132. The highest BCUT2D eigenvalue weighted by atomic mass is 16.2. The van der Waals surface area contributed by atoms with Crippen molar-refractivity contribution in [3.05, 3.63) is 0 Å². The number of hydrogen-bond donors (Lipinski definition) is 1. The minimum atomic E-state index is 0.399. The summed E-state index contributed by atoms with van der Waals surface area (Å²) in [5.74, 6) is 1.61. The summed E-state index contributed by atoms with van der Waals surface area (Å²) >= 11 is 0. The topological polar surface area (TPSA) is 35.6 Å². The van der Waals surface area contributed by atoms with E-state index in [9.17, 15) is 4.79 Å². The van der Waals surface area contributed by atoms with Crippen LogP contribution < -0.4 is 5.32 Å². The molecule has 4 nitrogen and oxygen atoms in total. The zero-order valence-corrected chi connectivity index (χ0v) is 14.9. The smallest absolute Gasteiger partial charge is 0.222 e. The van der Waals surface area contributed by atoms with Crippen LogP contribution in [-0.2, 0) is 4.79 Å². The van der Waals surface area contributed by atoms with Gasteiger partial charge in [-0.1, -0.05) is 19.8 Å². The van der Waals surface area contributed by atoms with Crippen molar-refractivity contribution in [3.8, 4) is 0 Å². The number of piperidine rings is 1. The lowest BCUT2D eigenvalue weighted by Gasteiger charge is -2.30. The lowest BCUT2D eigenvalue weighted by Crippen LogP contribution is -2.40. The molecule has 23 heavy (non-hydrogen) atoms. The largest absolute Gasteiger partial charge is 0.341 e. The van der Waals surface area contributed by atoms with E-state index in [1.165, 1.54) is 45.1 Å². The summed E-state index contributed by atoms with van der Waals surface area (Å²) < 4.78 is 0. The van der Waals surface area contributed by atoms with Gasteiger partial charge in [0, 0.05) is 38.6 Å². The van der Waals surface area contributed by atoms with Crippen molar-refractivity contribution in [2.75, 3.05) is 39.3 Å². The molecule has 3 fully saturated rings. The van der Waals surface area contributed by atoms with E-state index < -0.39 is 0 Å². The number of carbonyl (C=O) groups excluding carboxylic acids is 1. The molecule has 3 rings (SSSR count). The Bertz CT molecular complexity index is 375. The molecular formula is C19H35N3O. The van der Waals surface area contributed by atoms with Crippen molar-refractivity contribution in [2.24, 2.45) is 11.8 Å². The summed E-state index contributed by atoms with van der Waals surface area (Å²) in [6.45, 7) is 8.73. The van der Waals surface area contributed by atoms with Crippen LogP contribution in [0.5, 0.6) is 0 Å². The van der Waals surface area contributed by atoms with E-state index in [0.717, 1.165) is 51.6 Å². The van der Waals surface area contributed by atoms with E-state index in [1.54, 1.807) is 0 Å². The Morgan fingerprint density at radius 3 is 2.61 bits per heavy atom. The molecule has 2 aliphatic heterocycles. The molecule has 1 N–H and O–H groups in total. The Labute approximate surface area is 142 Å². The summed E-state index contributed by atoms with van der Waals surface area (Å²) in [7, 11) is 0. The monoisotopic (exact) mass is 321 g/mol. The van der Waals surface area contributed by atoms with Crippen LogP contribution in [0.3, 0.4) is 0 Å². The Morgan fingerprint density at radius 1 is 1.04 bits per heavy atom. The minimum Gasteiger partial charge on any atom is -0.341 e. The van der Waals surface area contributed by atoms with Gasteiger partial charge >= 0.3 is 0 Å². The molecule has 132 valence electrons. The molecule has 2 unspecified atom stereocenters. The van der Waals surface area contributed by atoms with Crippen molar-refractivity contribution < 1.29 is 4.79 Å². The van der Waals surface area contributed by atoms with E-state index >= 15 is 0 Å². The molecule has 0 spiro atoms. The highest BCUT2D eigenvalue weighted by Gasteiger charge is 2.28. The quantitative estimate of drug-likeness (QED) is 0.864. The van der Waals surface area contributed by atoms with Gasteiger partial charge in [-0.3, -0.25) is 9.69 Å². The molecule has 2 saturated heterocycles. The fraction of sp³-hybridized carbons (Fsp3) is 0.947. The minimum absolute atomic E-state index is 0.399. The summed E-state index contributed by atoms with van der Waals surface area (Å²) in [5, 5.41) is 3.48. The molecule has 3 aliphatic rings. The molecular weight excluding hydrogens is 286 g/mol. The van der Waals surface area contributed by atoms with Crippen LogP contribution in [0.1, 0.15) is 58.3 Å². The first-order valence-corrected chi connectivity index (χ1v) is 9.96. The Morgan fingerprint density at radius 2 is 1.87 bits per heavy atom. The molecule has 0 aromatic rings. The van der Waals surface area contributed by atoms with E-state index in [-0.39, 0.29) is 0 Å². The van der Waals surface area contributed by atoms with Crippen LogP contribution in [0.2, 0.25) is 0 Å². The van der Waals surface area contributed by atoms with E-state index in [4.69, 9.17) is 0 Å². The van der Waals surface area contributed by atoms with Gasteiger partial charge in [-0.25, -0.2) is 0 Å². The summed E-state index contributed by atoms with van der Waals surface area (Å²) in [4.78, 5) is 17.5. The first-order chi connectivity index (χ1) is 11.2. The van der Waals surface area contributed by atoms with Crippen LogP contribution in [0.4, 0.5) is 0 Å². The number of carbonyl (C=O) groups is 1. The second-order valence-corrected chi connectivity index (χ2v) is 8.00. The van der Waals surface area contributed by atoms with Crippen molar-refractivity contribution in [3.63, 3.8) is 0 Å². The third-order valence-corrected chi connectivity index (χ3v) is 6.36. The first-order valence-electron chi connectivity index (χ1n) is 9.96. The van der Waals surface area contributed by atoms with Crippen molar-refractivity contribution in [2.45, 2.75) is 64.3 Å². The van der Waals surface area contributed by atoms with Crippen LogP contribution in [-0.4, -0.2) is 61.0 Å². The van der Waals surface area contributed by atoms with Gasteiger partial charge in [0.25, 0.3) is 0 Å². The van der Waals surface area contributed by atoms with Gasteiger partial charge in [0.15, 0.2) is 0 Å². The molecule has 0 aromatic carbocycles. The van der Waals surface area contributed by atoms with Crippen molar-refractivity contribution in [1.82, 2.24) is 15.1 Å². The Kier molecular flexibility index (Phi) is 6.35. The highest BCUT2D eigenvalue weighted by Crippen LogP contribution is 2.26. The second kappa shape index (κ2) is 8.48. The predicted octanol–water partition coefficient (Wildman–Crippen LogP) is 2.49. The molecule has 2 atom stereocenters. The van der Waals surface area contributed by atoms with E-state index in [2.05, 4.69) is 22.0 Å². The van der Waals surface area contributed by atoms with Crippen LogP contribution in [0, 0.1) is 11.8 Å². The molecule has 0 radical (unpaired) electrons. The number of nitrogens with zero attached hydrogens (tertiary/aromatic N) is 2. The van der Waals surface area contributed by atoms with Gasteiger partial charge in [0.1, 0.15) is 0 Å². The zero-order valence-electron chi connectivity index (χ0n) is 14.9. The summed E-state index contributed by atoms with van der Waals surface area (Å²) in [6, 6.07) is 0.803. The Balaban J connectivity index is 1.45. The van der Waals surface area contributed by atoms with Crippen LogP contribution in [0.25, 0.3) is 0 Å². The predicted molar refractivity (Wildman–Crippen MR) is 94.4 cm³/mol. The van der Waals surface area contributed by atoms with Crippen molar-refractivity contribution in [1.29, 1.82) is 0 Å². The number of nitrogens with one attached hydrogen (secondary N) is 1. The maximum Gasteiger partial charge on any atom is 0.222 e. The van der Waals surface area contributed by atoms with Gasteiger partial charge in [0.2, 0.25) is 5.91 Å². The SMILES string of the molecule is CC(CC(=O)N1CCCN(C2CCCC2)CC1)C1CCCNC1. The zero-order chi connectivity index (χ0) is 16.1. The number of hydrogen-bond acceptors (Lipinski definition) is 3. The molecule has 1 amide bonds. The lowest BCUT2D eigenvalue weighted by atomic mass is 9.85. The number of rotatable bonds is 4. The highest BCUT2D eigenvalue weighted by molar-refractivity contribution is 5.76. The normalized spacial score (nSPS) is 29.4. The van der Waals surface area contributed by atoms with Gasteiger partial charge in [0.05, 0.1) is 0 Å².